The number of halogens is 1. The highest BCUT2D eigenvalue weighted by molar-refractivity contribution is 6.33. The third kappa shape index (κ3) is 5.28. The summed E-state index contributed by atoms with van der Waals surface area (Å²) in [6.45, 7) is 5.19. The van der Waals surface area contributed by atoms with E-state index in [-0.39, 0.29) is 17.9 Å². The Morgan fingerprint density at radius 1 is 0.973 bits per heavy atom. The molecule has 5 rings (SSSR count). The molecular weight excluding hydrogens is 484 g/mol. The number of benzene rings is 3. The molecule has 0 spiro atoms. The second-order valence-corrected chi connectivity index (χ2v) is 9.64. The van der Waals surface area contributed by atoms with Crippen molar-refractivity contribution in [1.29, 1.82) is 0 Å². The number of amides is 1. The number of carbonyl (C=O) groups is 1. The van der Waals surface area contributed by atoms with Crippen LogP contribution in [0.2, 0.25) is 5.02 Å². The SMILES string of the molecule is CCOc1ccc(/C=C2\CCCC3C2=NN(C(=O)c2ccccc2Cl)C3c2ccc(OCC)cc2)cc1. The van der Waals surface area contributed by atoms with Crippen LogP contribution in [0.4, 0.5) is 0 Å². The monoisotopic (exact) mass is 514 g/mol. The summed E-state index contributed by atoms with van der Waals surface area (Å²) < 4.78 is 11.2. The second-order valence-electron chi connectivity index (χ2n) is 9.23. The van der Waals surface area contributed by atoms with E-state index in [4.69, 9.17) is 26.2 Å². The van der Waals surface area contributed by atoms with Crippen molar-refractivity contribution in [3.63, 3.8) is 0 Å². The van der Waals surface area contributed by atoms with Crippen molar-refractivity contribution in [3.8, 4) is 11.5 Å². The van der Waals surface area contributed by atoms with E-state index in [0.717, 1.165) is 47.6 Å². The Morgan fingerprint density at radius 3 is 2.27 bits per heavy atom. The number of carbonyl (C=O) groups excluding carboxylic acids is 1. The van der Waals surface area contributed by atoms with Crippen molar-refractivity contribution in [3.05, 3.63) is 100 Å². The normalized spacial score (nSPS) is 19.9. The standard InChI is InChI=1S/C31H31ClN2O3/c1-3-36-24-16-12-21(13-17-24)20-23-8-7-10-27-29(23)33-34(31(35)26-9-5-6-11-28(26)32)30(27)22-14-18-25(19-15-22)37-4-2/h5-6,9,11-20,27,30H,3-4,7-8,10H2,1-2H3/b23-20+. The van der Waals surface area contributed by atoms with E-state index in [1.807, 2.05) is 62.4 Å². The average Bonchev–Trinajstić information content (AvgIpc) is 3.31. The lowest BCUT2D eigenvalue weighted by Crippen LogP contribution is -2.32. The highest BCUT2D eigenvalue weighted by atomic mass is 35.5. The number of nitrogens with zero attached hydrogens (tertiary/aromatic N) is 2. The zero-order valence-corrected chi connectivity index (χ0v) is 21.9. The molecule has 5 nitrogen and oxygen atoms in total. The number of rotatable bonds is 7. The Balaban J connectivity index is 1.53. The average molecular weight is 515 g/mol. The molecule has 0 saturated heterocycles. The molecule has 2 atom stereocenters. The lowest BCUT2D eigenvalue weighted by atomic mass is 9.77. The summed E-state index contributed by atoms with van der Waals surface area (Å²) in [6.07, 6.45) is 5.12. The molecule has 3 aromatic rings. The van der Waals surface area contributed by atoms with Crippen molar-refractivity contribution >= 4 is 29.3 Å². The third-order valence-electron chi connectivity index (χ3n) is 6.88. The molecule has 2 unspecified atom stereocenters. The predicted octanol–water partition coefficient (Wildman–Crippen LogP) is 7.57. The third-order valence-corrected chi connectivity index (χ3v) is 7.21. The van der Waals surface area contributed by atoms with Crippen molar-refractivity contribution in [2.24, 2.45) is 11.0 Å². The van der Waals surface area contributed by atoms with Gasteiger partial charge in [-0.2, -0.15) is 5.10 Å². The van der Waals surface area contributed by atoms with Gasteiger partial charge in [0, 0.05) is 5.92 Å². The molecule has 1 aliphatic heterocycles. The number of fused-ring (bicyclic) bond motifs is 1. The van der Waals surface area contributed by atoms with Gasteiger partial charge in [-0.15, -0.1) is 0 Å². The van der Waals surface area contributed by atoms with Gasteiger partial charge in [0.2, 0.25) is 0 Å². The molecule has 6 heteroatoms. The smallest absolute Gasteiger partial charge is 0.276 e. The van der Waals surface area contributed by atoms with Gasteiger partial charge in [0.25, 0.3) is 5.91 Å². The maximum atomic E-state index is 13.8. The molecular formula is C31H31ClN2O3. The van der Waals surface area contributed by atoms with Crippen LogP contribution in [0.3, 0.4) is 0 Å². The maximum Gasteiger partial charge on any atom is 0.276 e. The van der Waals surface area contributed by atoms with E-state index in [1.54, 1.807) is 17.1 Å². The van der Waals surface area contributed by atoms with Crippen LogP contribution in [-0.4, -0.2) is 29.8 Å². The zero-order chi connectivity index (χ0) is 25.8. The molecule has 0 aromatic heterocycles. The summed E-state index contributed by atoms with van der Waals surface area (Å²) in [5, 5.41) is 7.06. The minimum Gasteiger partial charge on any atom is -0.494 e. The molecule has 190 valence electrons. The first kappa shape index (κ1) is 25.1. The summed E-state index contributed by atoms with van der Waals surface area (Å²) in [4.78, 5) is 13.8. The van der Waals surface area contributed by atoms with Crippen molar-refractivity contribution in [2.75, 3.05) is 13.2 Å². The molecule has 1 aliphatic carbocycles. The van der Waals surface area contributed by atoms with E-state index in [9.17, 15) is 4.79 Å². The van der Waals surface area contributed by atoms with Crippen LogP contribution in [0.25, 0.3) is 6.08 Å². The minimum absolute atomic E-state index is 0.104. The van der Waals surface area contributed by atoms with E-state index < -0.39 is 0 Å². The van der Waals surface area contributed by atoms with Crippen LogP contribution in [0.15, 0.2) is 83.5 Å². The first-order chi connectivity index (χ1) is 18.1. The lowest BCUT2D eigenvalue weighted by Gasteiger charge is -2.30. The fraction of sp³-hybridized carbons (Fsp3) is 0.290. The first-order valence-electron chi connectivity index (χ1n) is 12.9. The molecule has 2 aliphatic rings. The van der Waals surface area contributed by atoms with Gasteiger partial charge in [0.05, 0.1) is 35.6 Å². The fourth-order valence-corrected chi connectivity index (χ4v) is 5.43. The van der Waals surface area contributed by atoms with Gasteiger partial charge in [-0.05, 0) is 92.3 Å². The molecule has 0 radical (unpaired) electrons. The number of allylic oxidation sites excluding steroid dienone is 1. The largest absolute Gasteiger partial charge is 0.494 e. The Hall–Kier alpha value is -3.57. The van der Waals surface area contributed by atoms with E-state index in [2.05, 4.69) is 18.2 Å². The highest BCUT2D eigenvalue weighted by Crippen LogP contribution is 2.45. The molecule has 0 N–H and O–H groups in total. The van der Waals surface area contributed by atoms with Crippen molar-refractivity contribution in [2.45, 2.75) is 39.2 Å². The fourth-order valence-electron chi connectivity index (χ4n) is 5.22. The summed E-state index contributed by atoms with van der Waals surface area (Å²) >= 11 is 6.44. The first-order valence-corrected chi connectivity index (χ1v) is 13.3. The van der Waals surface area contributed by atoms with Gasteiger partial charge in [-0.3, -0.25) is 4.79 Å². The molecule has 37 heavy (non-hydrogen) atoms. The Kier molecular flexibility index (Phi) is 7.61. The second kappa shape index (κ2) is 11.2. The van der Waals surface area contributed by atoms with E-state index >= 15 is 0 Å². The molecule has 1 heterocycles. The molecule has 1 amide bonds. The van der Waals surface area contributed by atoms with Crippen molar-refractivity contribution in [1.82, 2.24) is 5.01 Å². The van der Waals surface area contributed by atoms with Gasteiger partial charge in [0.15, 0.2) is 0 Å². The number of hydrogen-bond donors (Lipinski definition) is 0. The molecule has 1 saturated carbocycles. The number of ether oxygens (including phenoxy) is 2. The van der Waals surface area contributed by atoms with Crippen molar-refractivity contribution < 1.29 is 14.3 Å². The Morgan fingerprint density at radius 2 is 1.62 bits per heavy atom. The molecule has 0 bridgehead atoms. The summed E-state index contributed by atoms with van der Waals surface area (Å²) in [5.41, 5.74) is 4.75. The van der Waals surface area contributed by atoms with Gasteiger partial charge < -0.3 is 9.47 Å². The summed E-state index contributed by atoms with van der Waals surface area (Å²) in [5.74, 6) is 1.59. The topological polar surface area (TPSA) is 51.1 Å². The van der Waals surface area contributed by atoms with Crippen LogP contribution >= 0.6 is 11.6 Å². The molecule has 1 fully saturated rings. The van der Waals surface area contributed by atoms with Crippen LogP contribution < -0.4 is 9.47 Å². The molecule has 3 aromatic carbocycles. The van der Waals surface area contributed by atoms with Crippen LogP contribution in [0.5, 0.6) is 11.5 Å². The lowest BCUT2D eigenvalue weighted by molar-refractivity contribution is 0.0681. The zero-order valence-electron chi connectivity index (χ0n) is 21.2. The predicted molar refractivity (Wildman–Crippen MR) is 148 cm³/mol. The Labute approximate surface area is 223 Å². The van der Waals surface area contributed by atoms with Crippen LogP contribution in [-0.2, 0) is 0 Å². The summed E-state index contributed by atoms with van der Waals surface area (Å²) in [7, 11) is 0. The van der Waals surface area contributed by atoms with Crippen LogP contribution in [0.1, 0.15) is 60.6 Å². The van der Waals surface area contributed by atoms with E-state index in [0.29, 0.717) is 23.8 Å². The minimum atomic E-state index is -0.210. The quantitative estimate of drug-likeness (QED) is 0.326. The van der Waals surface area contributed by atoms with Gasteiger partial charge >= 0.3 is 0 Å². The van der Waals surface area contributed by atoms with Gasteiger partial charge in [-0.25, -0.2) is 5.01 Å². The number of hydrogen-bond acceptors (Lipinski definition) is 4. The van der Waals surface area contributed by atoms with E-state index in [1.165, 1.54) is 5.57 Å². The summed E-state index contributed by atoms with van der Waals surface area (Å²) in [6, 6.07) is 23.1. The number of hydrazone groups is 1. The van der Waals surface area contributed by atoms with Gasteiger partial charge in [-0.1, -0.05) is 48.0 Å². The van der Waals surface area contributed by atoms with Crippen LogP contribution in [0, 0.1) is 5.92 Å². The Bertz CT molecular complexity index is 1320. The highest BCUT2D eigenvalue weighted by Gasteiger charge is 2.44. The van der Waals surface area contributed by atoms with Gasteiger partial charge in [0.1, 0.15) is 11.5 Å². The maximum absolute atomic E-state index is 13.8.